The third kappa shape index (κ3) is 2.13. The van der Waals surface area contributed by atoms with Crippen molar-refractivity contribution in [2.45, 2.75) is 12.5 Å². The van der Waals surface area contributed by atoms with Crippen molar-refractivity contribution in [2.75, 3.05) is 26.9 Å². The van der Waals surface area contributed by atoms with Crippen LogP contribution in [0.5, 0.6) is 0 Å². The predicted molar refractivity (Wildman–Crippen MR) is 40.2 cm³/mol. The molecular weight excluding hydrogens is 148 g/mol. The topological polar surface area (TPSA) is 69.9 Å². The van der Waals surface area contributed by atoms with E-state index in [-0.39, 0.29) is 25.7 Å². The average Bonchev–Trinajstić information content (AvgIpc) is 2.08. The number of hydrogen-bond acceptors (Lipinski definition) is 4. The van der Waals surface area contributed by atoms with E-state index in [4.69, 9.17) is 20.1 Å². The Balaban J connectivity index is 4.26. The summed E-state index contributed by atoms with van der Waals surface area (Å²) in [5.74, 6) is -0.275. The van der Waals surface area contributed by atoms with E-state index >= 15 is 0 Å². The number of hydrogen-bond donors (Lipinski definition) is 3. The molecule has 0 rings (SSSR count). The van der Waals surface area contributed by atoms with Crippen LogP contribution in [0.3, 0.4) is 0 Å². The highest BCUT2D eigenvalue weighted by Gasteiger charge is 2.34. The van der Waals surface area contributed by atoms with Crippen LogP contribution >= 0.6 is 0 Å². The molecule has 0 aromatic heterocycles. The van der Waals surface area contributed by atoms with Crippen LogP contribution in [0.1, 0.15) is 6.92 Å². The van der Waals surface area contributed by atoms with Crippen LogP contribution in [0.15, 0.2) is 0 Å². The van der Waals surface area contributed by atoms with Crippen LogP contribution < -0.4 is 0 Å². The van der Waals surface area contributed by atoms with Crippen LogP contribution in [0.25, 0.3) is 0 Å². The summed E-state index contributed by atoms with van der Waals surface area (Å²) < 4.78 is 4.93. The first-order valence-corrected chi connectivity index (χ1v) is 3.54. The van der Waals surface area contributed by atoms with Crippen molar-refractivity contribution in [3.63, 3.8) is 0 Å². The largest absolute Gasteiger partial charge is 0.396 e. The van der Waals surface area contributed by atoms with Crippen LogP contribution in [-0.4, -0.2) is 47.9 Å². The molecule has 0 aromatic rings. The third-order valence-corrected chi connectivity index (χ3v) is 2.11. The minimum atomic E-state index is -1.01. The van der Waals surface area contributed by atoms with Gasteiger partial charge in [0.15, 0.2) is 0 Å². The van der Waals surface area contributed by atoms with E-state index < -0.39 is 5.60 Å². The summed E-state index contributed by atoms with van der Waals surface area (Å²) in [6, 6.07) is 0. The second kappa shape index (κ2) is 4.66. The molecule has 0 saturated heterocycles. The van der Waals surface area contributed by atoms with Gasteiger partial charge in [0.2, 0.25) is 0 Å². The molecule has 0 fully saturated rings. The Hall–Kier alpha value is -0.160. The van der Waals surface area contributed by atoms with Crippen LogP contribution in [-0.2, 0) is 4.74 Å². The molecule has 3 N–H and O–H groups in total. The van der Waals surface area contributed by atoms with Gasteiger partial charge in [0.05, 0.1) is 13.2 Å². The van der Waals surface area contributed by atoms with Gasteiger partial charge in [-0.3, -0.25) is 0 Å². The molecule has 0 aromatic carbocycles. The minimum Gasteiger partial charge on any atom is -0.396 e. The van der Waals surface area contributed by atoms with E-state index in [1.807, 2.05) is 0 Å². The predicted octanol–water partition coefficient (Wildman–Crippen LogP) is -1.02. The van der Waals surface area contributed by atoms with E-state index in [0.717, 1.165) is 0 Å². The summed E-state index contributed by atoms with van der Waals surface area (Å²) in [6.07, 6.45) is 0. The highest BCUT2D eigenvalue weighted by atomic mass is 16.5. The third-order valence-electron chi connectivity index (χ3n) is 2.11. The standard InChI is InChI=1S/C7H16O4/c1-6(3-8)7(4-9,5-10)11-2/h6,8-10H,3-5H2,1-2H3. The number of rotatable bonds is 5. The Morgan fingerprint density at radius 2 is 1.73 bits per heavy atom. The first kappa shape index (κ1) is 10.8. The van der Waals surface area contributed by atoms with Gasteiger partial charge >= 0.3 is 0 Å². The van der Waals surface area contributed by atoms with Gasteiger partial charge < -0.3 is 20.1 Å². The molecule has 0 aliphatic carbocycles. The molecule has 1 atom stereocenters. The van der Waals surface area contributed by atoms with Crippen molar-refractivity contribution in [2.24, 2.45) is 5.92 Å². The zero-order chi connectivity index (χ0) is 8.91. The molecular formula is C7H16O4. The van der Waals surface area contributed by atoms with Crippen molar-refractivity contribution in [1.82, 2.24) is 0 Å². The lowest BCUT2D eigenvalue weighted by Gasteiger charge is -2.33. The maximum absolute atomic E-state index is 8.88. The smallest absolute Gasteiger partial charge is 0.118 e. The summed E-state index contributed by atoms with van der Waals surface area (Å²) in [7, 11) is 1.40. The maximum Gasteiger partial charge on any atom is 0.118 e. The van der Waals surface area contributed by atoms with E-state index in [0.29, 0.717) is 0 Å². The molecule has 0 aliphatic heterocycles. The molecule has 0 amide bonds. The molecule has 0 bridgehead atoms. The summed E-state index contributed by atoms with van der Waals surface area (Å²) in [4.78, 5) is 0. The average molecular weight is 164 g/mol. The fourth-order valence-corrected chi connectivity index (χ4v) is 0.858. The summed E-state index contributed by atoms with van der Waals surface area (Å²) in [6.45, 7) is 1.01. The maximum atomic E-state index is 8.88. The van der Waals surface area contributed by atoms with E-state index in [9.17, 15) is 0 Å². The molecule has 0 heterocycles. The normalized spacial score (nSPS) is 15.0. The Bertz CT molecular complexity index is 92.3. The molecule has 0 spiro atoms. The van der Waals surface area contributed by atoms with E-state index in [2.05, 4.69) is 0 Å². The van der Waals surface area contributed by atoms with Gasteiger partial charge in [0, 0.05) is 19.6 Å². The van der Waals surface area contributed by atoms with E-state index in [1.54, 1.807) is 6.92 Å². The zero-order valence-corrected chi connectivity index (χ0v) is 6.95. The molecule has 1 unspecified atom stereocenters. The highest BCUT2D eigenvalue weighted by Crippen LogP contribution is 2.19. The first-order chi connectivity index (χ1) is 5.16. The highest BCUT2D eigenvalue weighted by molar-refractivity contribution is 4.84. The van der Waals surface area contributed by atoms with Crippen molar-refractivity contribution < 1.29 is 20.1 Å². The van der Waals surface area contributed by atoms with Gasteiger partial charge in [0.25, 0.3) is 0 Å². The Morgan fingerprint density at radius 3 is 1.82 bits per heavy atom. The molecule has 11 heavy (non-hydrogen) atoms. The number of ether oxygens (including phenoxy) is 1. The summed E-state index contributed by atoms with van der Waals surface area (Å²) in [5.41, 5.74) is -1.01. The summed E-state index contributed by atoms with van der Waals surface area (Å²) in [5, 5.41) is 26.5. The SMILES string of the molecule is COC(CO)(CO)C(C)CO. The lowest BCUT2D eigenvalue weighted by molar-refractivity contribution is -0.127. The van der Waals surface area contributed by atoms with Crippen LogP contribution in [0.2, 0.25) is 0 Å². The Labute approximate surface area is 66.4 Å². The van der Waals surface area contributed by atoms with Gasteiger partial charge in [-0.05, 0) is 0 Å². The fourth-order valence-electron chi connectivity index (χ4n) is 0.858. The van der Waals surface area contributed by atoms with Crippen LogP contribution in [0.4, 0.5) is 0 Å². The van der Waals surface area contributed by atoms with Gasteiger partial charge in [0.1, 0.15) is 5.60 Å². The van der Waals surface area contributed by atoms with Crippen molar-refractivity contribution in [3.8, 4) is 0 Å². The van der Waals surface area contributed by atoms with Crippen molar-refractivity contribution in [1.29, 1.82) is 0 Å². The first-order valence-electron chi connectivity index (χ1n) is 3.54. The van der Waals surface area contributed by atoms with Crippen molar-refractivity contribution in [3.05, 3.63) is 0 Å². The zero-order valence-electron chi connectivity index (χ0n) is 6.95. The second-order valence-electron chi connectivity index (χ2n) is 2.67. The van der Waals surface area contributed by atoms with Gasteiger partial charge in [-0.15, -0.1) is 0 Å². The number of methoxy groups -OCH3 is 1. The molecule has 0 aliphatic rings. The molecule has 4 nitrogen and oxygen atoms in total. The minimum absolute atomic E-state index is 0.116. The molecule has 0 radical (unpaired) electrons. The molecule has 4 heteroatoms. The number of aliphatic hydroxyl groups is 3. The Kier molecular flexibility index (Phi) is 4.60. The number of aliphatic hydroxyl groups excluding tert-OH is 3. The second-order valence-corrected chi connectivity index (χ2v) is 2.67. The van der Waals surface area contributed by atoms with Crippen LogP contribution in [0, 0.1) is 5.92 Å². The molecule has 0 saturated carbocycles. The Morgan fingerprint density at radius 1 is 1.27 bits per heavy atom. The monoisotopic (exact) mass is 164 g/mol. The lowest BCUT2D eigenvalue weighted by atomic mass is 9.91. The lowest BCUT2D eigenvalue weighted by Crippen LogP contribution is -2.47. The molecule has 68 valence electrons. The van der Waals surface area contributed by atoms with E-state index in [1.165, 1.54) is 7.11 Å². The van der Waals surface area contributed by atoms with Crippen molar-refractivity contribution >= 4 is 0 Å². The quantitative estimate of drug-likeness (QED) is 0.486. The van der Waals surface area contributed by atoms with Gasteiger partial charge in [-0.1, -0.05) is 6.92 Å². The summed E-state index contributed by atoms with van der Waals surface area (Å²) >= 11 is 0. The fraction of sp³-hybridized carbons (Fsp3) is 1.00. The van der Waals surface area contributed by atoms with Gasteiger partial charge in [-0.25, -0.2) is 0 Å². The van der Waals surface area contributed by atoms with Gasteiger partial charge in [-0.2, -0.15) is 0 Å².